The molecule has 0 unspecified atom stereocenters. The lowest BCUT2D eigenvalue weighted by Crippen LogP contribution is -2.14. The molecule has 0 radical (unpaired) electrons. The number of benzene rings is 10. The number of nitrogens with zero attached hydrogens (tertiary/aromatic N) is 2. The Morgan fingerprint density at radius 1 is 0.348 bits per heavy atom. The molecule has 0 spiro atoms. The Hall–Kier alpha value is -7.98. The zero-order chi connectivity index (χ0) is 43.9. The van der Waals surface area contributed by atoms with Gasteiger partial charge in [0.1, 0.15) is 0 Å². The van der Waals surface area contributed by atoms with E-state index in [4.69, 9.17) is 0 Å². The van der Waals surface area contributed by atoms with Gasteiger partial charge in [-0.2, -0.15) is 0 Å². The Bertz CT molecular complexity index is 3790. The monoisotopic (exact) mass is 860 g/mol. The normalized spacial score (nSPS) is 12.8. The number of hydrogen-bond donors (Lipinski definition) is 0. The SMILES string of the molecule is CC1(C)c2ccccc2-c2ccc(-c3ccc(N(c4ccc(-c5cccc(-c6ccccc6-n6c7ccccc7c7ccccc76)c5)cc4)c4ccc5sc6ccccc6c5c4)cc3)cc21. The highest BCUT2D eigenvalue weighted by Gasteiger charge is 2.35. The highest BCUT2D eigenvalue weighted by Crippen LogP contribution is 2.50. The number of anilines is 3. The molecule has 0 aliphatic heterocycles. The summed E-state index contributed by atoms with van der Waals surface area (Å²) in [6.07, 6.45) is 0. The third kappa shape index (κ3) is 6.08. The van der Waals surface area contributed by atoms with Crippen LogP contribution < -0.4 is 4.90 Å². The first-order chi connectivity index (χ1) is 32.5. The van der Waals surface area contributed by atoms with Crippen molar-refractivity contribution in [1.82, 2.24) is 4.57 Å². The maximum Gasteiger partial charge on any atom is 0.0541 e. The Labute approximate surface area is 388 Å². The van der Waals surface area contributed by atoms with Crippen molar-refractivity contribution in [3.05, 3.63) is 242 Å². The molecule has 312 valence electrons. The van der Waals surface area contributed by atoms with Gasteiger partial charge in [-0.1, -0.05) is 166 Å². The minimum absolute atomic E-state index is 0.0470. The van der Waals surface area contributed by atoms with E-state index in [-0.39, 0.29) is 5.41 Å². The van der Waals surface area contributed by atoms with Crippen LogP contribution in [0.5, 0.6) is 0 Å². The summed E-state index contributed by atoms with van der Waals surface area (Å²) in [4.78, 5) is 2.40. The Morgan fingerprint density at radius 3 is 1.61 bits per heavy atom. The van der Waals surface area contributed by atoms with Crippen molar-refractivity contribution in [2.45, 2.75) is 19.3 Å². The van der Waals surface area contributed by atoms with Gasteiger partial charge in [0.15, 0.2) is 0 Å². The van der Waals surface area contributed by atoms with E-state index in [0.29, 0.717) is 0 Å². The van der Waals surface area contributed by atoms with Crippen LogP contribution in [0, 0.1) is 0 Å². The fourth-order valence-electron chi connectivity index (χ4n) is 10.8. The van der Waals surface area contributed by atoms with Crippen LogP contribution in [0.3, 0.4) is 0 Å². The van der Waals surface area contributed by atoms with E-state index in [1.54, 1.807) is 0 Å². The summed E-state index contributed by atoms with van der Waals surface area (Å²) in [7, 11) is 0. The first-order valence-electron chi connectivity index (χ1n) is 22.8. The molecule has 1 aliphatic rings. The summed E-state index contributed by atoms with van der Waals surface area (Å²) in [5.41, 5.74) is 19.6. The Morgan fingerprint density at radius 2 is 0.879 bits per heavy atom. The van der Waals surface area contributed by atoms with Gasteiger partial charge in [-0.3, -0.25) is 0 Å². The van der Waals surface area contributed by atoms with Crippen LogP contribution >= 0.6 is 11.3 Å². The molecule has 0 amide bonds. The van der Waals surface area contributed by atoms with Crippen molar-refractivity contribution in [1.29, 1.82) is 0 Å². The molecule has 0 N–H and O–H groups in total. The number of aromatic nitrogens is 1. The molecule has 3 heteroatoms. The van der Waals surface area contributed by atoms with Crippen LogP contribution in [0.15, 0.2) is 231 Å². The third-order valence-electron chi connectivity index (χ3n) is 14.0. The summed E-state index contributed by atoms with van der Waals surface area (Å²) in [6, 6.07) is 85.1. The number of para-hydroxylation sites is 3. The minimum Gasteiger partial charge on any atom is -0.310 e. The second-order valence-corrected chi connectivity index (χ2v) is 19.2. The first-order valence-corrected chi connectivity index (χ1v) is 23.6. The van der Waals surface area contributed by atoms with Crippen LogP contribution in [0.1, 0.15) is 25.0 Å². The summed E-state index contributed by atoms with van der Waals surface area (Å²) in [6.45, 7) is 4.70. The number of hydrogen-bond acceptors (Lipinski definition) is 2. The highest BCUT2D eigenvalue weighted by molar-refractivity contribution is 7.25. The zero-order valence-corrected chi connectivity index (χ0v) is 37.6. The maximum absolute atomic E-state index is 2.42. The van der Waals surface area contributed by atoms with Gasteiger partial charge in [-0.25, -0.2) is 0 Å². The van der Waals surface area contributed by atoms with E-state index in [1.807, 2.05) is 11.3 Å². The molecule has 0 saturated heterocycles. The summed E-state index contributed by atoms with van der Waals surface area (Å²) in [5, 5.41) is 5.11. The summed E-state index contributed by atoms with van der Waals surface area (Å²) >= 11 is 1.86. The predicted molar refractivity (Wildman–Crippen MR) is 282 cm³/mol. The van der Waals surface area contributed by atoms with Gasteiger partial charge in [0.2, 0.25) is 0 Å². The van der Waals surface area contributed by atoms with E-state index in [1.165, 1.54) is 103 Å². The molecule has 0 bridgehead atoms. The lowest BCUT2D eigenvalue weighted by atomic mass is 9.81. The molecule has 2 heterocycles. The van der Waals surface area contributed by atoms with Gasteiger partial charge in [0.25, 0.3) is 0 Å². The zero-order valence-electron chi connectivity index (χ0n) is 36.7. The molecule has 10 aromatic carbocycles. The standard InChI is InChI=1S/C63H44N2S/c1-63(2)56-21-8-3-17-50(56)51-36-30-44(39-57(51)63)42-28-33-47(34-29-42)64(48-35-37-62-55(40-48)54-20-7-12-25-61(54)66-62)46-31-26-41(27-32-46)43-14-13-15-45(38-43)49-16-4-9-22-58(49)65-59-23-10-5-18-52(59)53-19-6-11-24-60(53)65/h3-40H,1-2H3. The molecular formula is C63H44N2S. The summed E-state index contributed by atoms with van der Waals surface area (Å²) < 4.78 is 5.03. The van der Waals surface area contributed by atoms with Gasteiger partial charge in [0, 0.05) is 59.0 Å². The third-order valence-corrected chi connectivity index (χ3v) is 15.2. The van der Waals surface area contributed by atoms with Crippen LogP contribution in [-0.4, -0.2) is 4.57 Å². The summed E-state index contributed by atoms with van der Waals surface area (Å²) in [5.74, 6) is 0. The average molecular weight is 861 g/mol. The van der Waals surface area contributed by atoms with Crippen LogP contribution in [0.2, 0.25) is 0 Å². The molecule has 1 aliphatic carbocycles. The minimum atomic E-state index is -0.0470. The molecule has 0 fully saturated rings. The molecule has 0 saturated carbocycles. The van der Waals surface area contributed by atoms with Crippen molar-refractivity contribution >= 4 is 70.4 Å². The van der Waals surface area contributed by atoms with Crippen LogP contribution in [-0.2, 0) is 5.41 Å². The number of thiophene rings is 1. The van der Waals surface area contributed by atoms with Gasteiger partial charge in [-0.05, 0) is 129 Å². The first kappa shape index (κ1) is 38.5. The topological polar surface area (TPSA) is 8.17 Å². The number of rotatable bonds is 7. The van der Waals surface area contributed by atoms with Crippen molar-refractivity contribution in [3.63, 3.8) is 0 Å². The molecule has 2 aromatic heterocycles. The van der Waals surface area contributed by atoms with E-state index >= 15 is 0 Å². The lowest BCUT2D eigenvalue weighted by molar-refractivity contribution is 0.660. The Kier molecular flexibility index (Phi) is 8.78. The van der Waals surface area contributed by atoms with Crippen molar-refractivity contribution in [2.24, 2.45) is 0 Å². The van der Waals surface area contributed by atoms with E-state index in [2.05, 4.69) is 254 Å². The van der Waals surface area contributed by atoms with Crippen molar-refractivity contribution in [3.8, 4) is 50.2 Å². The Balaban J connectivity index is 0.878. The maximum atomic E-state index is 2.42. The molecule has 2 nitrogen and oxygen atoms in total. The smallest absolute Gasteiger partial charge is 0.0541 e. The quantitative estimate of drug-likeness (QED) is 0.155. The highest BCUT2D eigenvalue weighted by atomic mass is 32.1. The fraction of sp³-hybridized carbons (Fsp3) is 0.0476. The second-order valence-electron chi connectivity index (χ2n) is 18.1. The molecule has 0 atom stereocenters. The van der Waals surface area contributed by atoms with Gasteiger partial charge in [0.05, 0.1) is 16.7 Å². The molecule has 13 rings (SSSR count). The van der Waals surface area contributed by atoms with E-state index in [0.717, 1.165) is 17.1 Å². The van der Waals surface area contributed by atoms with Crippen molar-refractivity contribution in [2.75, 3.05) is 4.90 Å². The second kappa shape index (κ2) is 15.1. The van der Waals surface area contributed by atoms with Crippen LogP contribution in [0.25, 0.3) is 92.2 Å². The van der Waals surface area contributed by atoms with Gasteiger partial charge in [-0.15, -0.1) is 11.3 Å². The molecule has 66 heavy (non-hydrogen) atoms. The van der Waals surface area contributed by atoms with Crippen molar-refractivity contribution < 1.29 is 0 Å². The largest absolute Gasteiger partial charge is 0.310 e. The molecular weight excluding hydrogens is 817 g/mol. The van der Waals surface area contributed by atoms with E-state index in [9.17, 15) is 0 Å². The van der Waals surface area contributed by atoms with Gasteiger partial charge >= 0.3 is 0 Å². The van der Waals surface area contributed by atoms with E-state index < -0.39 is 0 Å². The predicted octanol–water partition coefficient (Wildman–Crippen LogP) is 17.9. The van der Waals surface area contributed by atoms with Crippen LogP contribution in [0.4, 0.5) is 17.1 Å². The number of fused-ring (bicyclic) bond motifs is 9. The average Bonchev–Trinajstić information content (AvgIpc) is 3.99. The van der Waals surface area contributed by atoms with Gasteiger partial charge < -0.3 is 9.47 Å². The fourth-order valence-corrected chi connectivity index (χ4v) is 11.8. The lowest BCUT2D eigenvalue weighted by Gasteiger charge is -2.26. The molecule has 12 aromatic rings.